The molecule has 0 aliphatic heterocycles. The summed E-state index contributed by atoms with van der Waals surface area (Å²) in [4.78, 5) is 0. The number of hydrogen-bond donors (Lipinski definition) is 1. The lowest BCUT2D eigenvalue weighted by Crippen LogP contribution is -2.26. The van der Waals surface area contributed by atoms with Crippen LogP contribution in [0.2, 0.25) is 0 Å². The molecule has 0 saturated carbocycles. The lowest BCUT2D eigenvalue weighted by atomic mass is 10.3. The van der Waals surface area contributed by atoms with Gasteiger partial charge in [0.25, 0.3) is 0 Å². The Labute approximate surface area is 77.5 Å². The van der Waals surface area contributed by atoms with Crippen molar-refractivity contribution in [1.82, 2.24) is 0 Å². The molecule has 0 aliphatic carbocycles. The van der Waals surface area contributed by atoms with Crippen LogP contribution in [0.4, 0.5) is 0 Å². The number of furan rings is 1. The van der Waals surface area contributed by atoms with Crippen LogP contribution in [0.5, 0.6) is 0 Å². The summed E-state index contributed by atoms with van der Waals surface area (Å²) in [5, 5.41) is 0.482. The van der Waals surface area contributed by atoms with Crippen LogP contribution in [0.1, 0.15) is 19.6 Å². The van der Waals surface area contributed by atoms with E-state index in [1.807, 2.05) is 30.8 Å². The van der Waals surface area contributed by atoms with E-state index in [0.717, 1.165) is 11.5 Å². The van der Waals surface area contributed by atoms with Gasteiger partial charge in [0.2, 0.25) is 0 Å². The third-order valence-electron chi connectivity index (χ3n) is 1.81. The van der Waals surface area contributed by atoms with E-state index in [1.165, 1.54) is 0 Å². The Morgan fingerprint density at radius 2 is 2.33 bits per heavy atom. The number of thioether (sulfide) groups is 1. The molecule has 68 valence electrons. The quantitative estimate of drug-likeness (QED) is 0.782. The molecular formula is C9H15NOS. The van der Waals surface area contributed by atoms with Gasteiger partial charge in [0.05, 0.1) is 12.0 Å². The highest BCUT2D eigenvalue weighted by molar-refractivity contribution is 7.99. The lowest BCUT2D eigenvalue weighted by molar-refractivity contribution is 0.530. The molecule has 0 aliphatic rings. The molecule has 0 aromatic carbocycles. The summed E-state index contributed by atoms with van der Waals surface area (Å²) < 4.78 is 5.20. The van der Waals surface area contributed by atoms with Crippen LogP contribution in [0.25, 0.3) is 0 Å². The average Bonchev–Trinajstić information content (AvgIpc) is 2.51. The van der Waals surface area contributed by atoms with Crippen molar-refractivity contribution in [3.63, 3.8) is 0 Å². The predicted octanol–water partition coefficient (Wildman–Crippen LogP) is 2.25. The largest absolute Gasteiger partial charge is 0.468 e. The maximum Gasteiger partial charge on any atom is 0.113 e. The van der Waals surface area contributed by atoms with E-state index in [-0.39, 0.29) is 6.04 Å². The maximum atomic E-state index is 5.72. The van der Waals surface area contributed by atoms with Crippen LogP contribution < -0.4 is 5.73 Å². The zero-order valence-electron chi connectivity index (χ0n) is 7.49. The van der Waals surface area contributed by atoms with E-state index >= 15 is 0 Å². The fourth-order valence-corrected chi connectivity index (χ4v) is 1.66. The third kappa shape index (κ3) is 2.91. The minimum absolute atomic E-state index is 0.241. The highest BCUT2D eigenvalue weighted by Crippen LogP contribution is 2.19. The zero-order valence-corrected chi connectivity index (χ0v) is 8.30. The van der Waals surface area contributed by atoms with Crippen molar-refractivity contribution < 1.29 is 4.42 Å². The molecule has 0 fully saturated rings. The maximum absolute atomic E-state index is 5.72. The first-order valence-electron chi connectivity index (χ1n) is 4.09. The molecular weight excluding hydrogens is 170 g/mol. The van der Waals surface area contributed by atoms with Crippen molar-refractivity contribution >= 4 is 11.8 Å². The second-order valence-corrected chi connectivity index (χ2v) is 4.32. The van der Waals surface area contributed by atoms with Crippen LogP contribution in [0.15, 0.2) is 22.8 Å². The topological polar surface area (TPSA) is 39.2 Å². The molecule has 2 atom stereocenters. The molecule has 12 heavy (non-hydrogen) atoms. The first kappa shape index (κ1) is 9.68. The normalized spacial score (nSPS) is 15.9. The van der Waals surface area contributed by atoms with Crippen LogP contribution in [0.3, 0.4) is 0 Å². The van der Waals surface area contributed by atoms with E-state index in [9.17, 15) is 0 Å². The van der Waals surface area contributed by atoms with Crippen molar-refractivity contribution in [3.05, 3.63) is 24.2 Å². The van der Waals surface area contributed by atoms with Crippen molar-refractivity contribution in [2.24, 2.45) is 5.73 Å². The van der Waals surface area contributed by atoms with Gasteiger partial charge in [0.1, 0.15) is 5.76 Å². The summed E-state index contributed by atoms with van der Waals surface area (Å²) in [7, 11) is 0. The minimum atomic E-state index is 0.241. The molecule has 0 bridgehead atoms. The third-order valence-corrected chi connectivity index (χ3v) is 3.22. The van der Waals surface area contributed by atoms with Gasteiger partial charge < -0.3 is 10.2 Å². The number of nitrogens with two attached hydrogens (primary N) is 1. The molecule has 0 spiro atoms. The summed E-state index contributed by atoms with van der Waals surface area (Å²) in [5.41, 5.74) is 5.72. The summed E-state index contributed by atoms with van der Waals surface area (Å²) in [5.74, 6) is 1.93. The second-order valence-electron chi connectivity index (χ2n) is 2.95. The van der Waals surface area contributed by atoms with Gasteiger partial charge in [-0.2, -0.15) is 0 Å². The van der Waals surface area contributed by atoms with Gasteiger partial charge in [0.15, 0.2) is 0 Å². The van der Waals surface area contributed by atoms with Gasteiger partial charge in [-0.15, -0.1) is 11.8 Å². The van der Waals surface area contributed by atoms with E-state index in [4.69, 9.17) is 10.2 Å². The first-order valence-corrected chi connectivity index (χ1v) is 5.14. The minimum Gasteiger partial charge on any atom is -0.468 e. The Hall–Kier alpha value is -0.410. The average molecular weight is 185 g/mol. The summed E-state index contributed by atoms with van der Waals surface area (Å²) in [6.07, 6.45) is 1.70. The fraction of sp³-hybridized carbons (Fsp3) is 0.556. The molecule has 3 heteroatoms. The monoisotopic (exact) mass is 185 g/mol. The summed E-state index contributed by atoms with van der Waals surface area (Å²) in [6, 6.07) is 4.14. The van der Waals surface area contributed by atoms with Crippen LogP contribution in [0, 0.1) is 0 Å². The molecule has 0 radical (unpaired) electrons. The van der Waals surface area contributed by atoms with Gasteiger partial charge in [-0.3, -0.25) is 0 Å². The molecule has 1 aromatic rings. The standard InChI is InChI=1S/C9H15NOS/c1-7(10)8(2)12-6-9-4-3-5-11-9/h3-5,7-8H,6,10H2,1-2H3. The molecule has 2 unspecified atom stereocenters. The van der Waals surface area contributed by atoms with E-state index in [0.29, 0.717) is 5.25 Å². The van der Waals surface area contributed by atoms with Gasteiger partial charge >= 0.3 is 0 Å². The Balaban J connectivity index is 2.27. The predicted molar refractivity (Wildman–Crippen MR) is 53.1 cm³/mol. The molecule has 1 rings (SSSR count). The SMILES string of the molecule is CC(N)C(C)SCc1ccco1. The van der Waals surface area contributed by atoms with Crippen LogP contribution in [-0.2, 0) is 5.75 Å². The van der Waals surface area contributed by atoms with Crippen molar-refractivity contribution in [1.29, 1.82) is 0 Å². The van der Waals surface area contributed by atoms with Crippen molar-refractivity contribution in [2.45, 2.75) is 30.9 Å². The highest BCUT2D eigenvalue weighted by atomic mass is 32.2. The first-order chi connectivity index (χ1) is 5.70. The molecule has 2 N–H and O–H groups in total. The van der Waals surface area contributed by atoms with Gasteiger partial charge in [0, 0.05) is 11.3 Å². The summed E-state index contributed by atoms with van der Waals surface area (Å²) >= 11 is 1.82. The van der Waals surface area contributed by atoms with Crippen LogP contribution in [-0.4, -0.2) is 11.3 Å². The van der Waals surface area contributed by atoms with E-state index in [2.05, 4.69) is 6.92 Å². The van der Waals surface area contributed by atoms with Gasteiger partial charge in [-0.1, -0.05) is 6.92 Å². The Morgan fingerprint density at radius 1 is 1.58 bits per heavy atom. The van der Waals surface area contributed by atoms with Crippen molar-refractivity contribution in [3.8, 4) is 0 Å². The van der Waals surface area contributed by atoms with Crippen molar-refractivity contribution in [2.75, 3.05) is 0 Å². The smallest absolute Gasteiger partial charge is 0.113 e. The Kier molecular flexibility index (Phi) is 3.69. The molecule has 1 aromatic heterocycles. The lowest BCUT2D eigenvalue weighted by Gasteiger charge is -2.13. The van der Waals surface area contributed by atoms with Gasteiger partial charge in [-0.05, 0) is 19.1 Å². The molecule has 1 heterocycles. The summed E-state index contributed by atoms with van der Waals surface area (Å²) in [6.45, 7) is 4.16. The Bertz CT molecular complexity index is 208. The molecule has 0 saturated heterocycles. The second kappa shape index (κ2) is 4.58. The Morgan fingerprint density at radius 3 is 2.83 bits per heavy atom. The van der Waals surface area contributed by atoms with E-state index in [1.54, 1.807) is 6.26 Å². The molecule has 0 amide bonds. The van der Waals surface area contributed by atoms with Gasteiger partial charge in [-0.25, -0.2) is 0 Å². The number of rotatable bonds is 4. The van der Waals surface area contributed by atoms with E-state index < -0.39 is 0 Å². The van der Waals surface area contributed by atoms with Crippen LogP contribution >= 0.6 is 11.8 Å². The highest BCUT2D eigenvalue weighted by Gasteiger charge is 2.08. The zero-order chi connectivity index (χ0) is 8.97. The number of hydrogen-bond acceptors (Lipinski definition) is 3. The fourth-order valence-electron chi connectivity index (χ4n) is 0.760. The molecule has 2 nitrogen and oxygen atoms in total.